The zero-order valence-electron chi connectivity index (χ0n) is 24.1. The van der Waals surface area contributed by atoms with E-state index in [1.807, 2.05) is 66.7 Å². The number of nitrogens with zero attached hydrogens (tertiary/aromatic N) is 1. The van der Waals surface area contributed by atoms with E-state index in [4.69, 9.17) is 23.7 Å². The lowest BCUT2D eigenvalue weighted by Gasteiger charge is -2.13. The van der Waals surface area contributed by atoms with Gasteiger partial charge in [0.05, 0.1) is 40.6 Å². The minimum absolute atomic E-state index is 0.202. The third-order valence-corrected chi connectivity index (χ3v) is 7.17. The van der Waals surface area contributed by atoms with Gasteiger partial charge in [-0.3, -0.25) is 9.59 Å². The maximum Gasteiger partial charge on any atom is 0.294 e. The zero-order chi connectivity index (χ0) is 29.8. The summed E-state index contributed by atoms with van der Waals surface area (Å²) in [7, 11) is 7.84. The van der Waals surface area contributed by atoms with Gasteiger partial charge in [-0.05, 0) is 46.8 Å². The highest BCUT2D eigenvalue weighted by Crippen LogP contribution is 2.46. The van der Waals surface area contributed by atoms with Gasteiger partial charge in [0, 0.05) is 36.4 Å². The molecule has 0 aliphatic carbocycles. The molecule has 216 valence electrons. The predicted molar refractivity (Wildman–Crippen MR) is 161 cm³/mol. The van der Waals surface area contributed by atoms with Crippen molar-refractivity contribution in [3.05, 3.63) is 78.6 Å². The van der Waals surface area contributed by atoms with Crippen molar-refractivity contribution in [3.8, 4) is 45.3 Å². The van der Waals surface area contributed by atoms with Gasteiger partial charge < -0.3 is 33.4 Å². The standard InChI is InChI=1S/C33H32N2O7/c1-38-16-14-34-33(37)32(36)31-28(20-9-7-6-8-10-20)29(22-11-12-24(39-2)25(18-22)40-3)30-23-19-27(42-5)26(41-4)17-21(23)13-15-35(30)31/h6-13,15,17-19H,14,16H2,1-5H3,(H,34,37). The van der Waals surface area contributed by atoms with E-state index in [2.05, 4.69) is 5.32 Å². The van der Waals surface area contributed by atoms with Gasteiger partial charge in [-0.15, -0.1) is 0 Å². The van der Waals surface area contributed by atoms with E-state index < -0.39 is 11.7 Å². The molecule has 9 heteroatoms. The van der Waals surface area contributed by atoms with Gasteiger partial charge in [-0.25, -0.2) is 0 Å². The Bertz CT molecular complexity index is 1780. The molecular weight excluding hydrogens is 536 g/mol. The molecule has 0 bridgehead atoms. The van der Waals surface area contributed by atoms with Crippen LogP contribution in [0, 0.1) is 0 Å². The average Bonchev–Trinajstić information content (AvgIpc) is 3.39. The normalized spacial score (nSPS) is 11.0. The van der Waals surface area contributed by atoms with Crippen LogP contribution in [0.15, 0.2) is 72.9 Å². The molecular formula is C33H32N2O7. The van der Waals surface area contributed by atoms with Gasteiger partial charge in [0.25, 0.3) is 11.7 Å². The number of pyridine rings is 1. The summed E-state index contributed by atoms with van der Waals surface area (Å²) < 4.78 is 29.2. The molecule has 0 saturated heterocycles. The van der Waals surface area contributed by atoms with Crippen LogP contribution in [-0.4, -0.2) is 64.8 Å². The van der Waals surface area contributed by atoms with Gasteiger partial charge >= 0.3 is 0 Å². The molecule has 0 aliphatic heterocycles. The number of ketones is 1. The Morgan fingerprint density at radius 2 is 1.38 bits per heavy atom. The monoisotopic (exact) mass is 568 g/mol. The number of benzene rings is 3. The molecule has 9 nitrogen and oxygen atoms in total. The van der Waals surface area contributed by atoms with Gasteiger partial charge in [-0.2, -0.15) is 0 Å². The molecule has 0 aliphatic rings. The molecule has 0 saturated carbocycles. The van der Waals surface area contributed by atoms with E-state index in [0.717, 1.165) is 27.5 Å². The van der Waals surface area contributed by atoms with Crippen LogP contribution in [0.5, 0.6) is 23.0 Å². The molecule has 2 aromatic heterocycles. The SMILES string of the molecule is COCCNC(=O)C(=O)c1c(-c2ccccc2)c(-c2ccc(OC)c(OC)c2)c2c3cc(OC)c(OC)cc3ccn12. The Morgan fingerprint density at radius 3 is 2.05 bits per heavy atom. The number of methoxy groups -OCH3 is 5. The quantitative estimate of drug-likeness (QED) is 0.129. The number of fused-ring (bicyclic) bond motifs is 3. The number of hydrogen-bond acceptors (Lipinski definition) is 7. The Labute approximate surface area is 243 Å². The zero-order valence-corrected chi connectivity index (χ0v) is 24.1. The second kappa shape index (κ2) is 12.2. The molecule has 0 radical (unpaired) electrons. The lowest BCUT2D eigenvalue weighted by molar-refractivity contribution is -0.117. The largest absolute Gasteiger partial charge is 0.493 e. The predicted octanol–water partition coefficient (Wildman–Crippen LogP) is 5.41. The summed E-state index contributed by atoms with van der Waals surface area (Å²) in [4.78, 5) is 27.2. The fourth-order valence-electron chi connectivity index (χ4n) is 5.23. The number of carbonyl (C=O) groups is 2. The number of nitrogens with one attached hydrogen (secondary N) is 1. The van der Waals surface area contributed by atoms with Crippen LogP contribution >= 0.6 is 0 Å². The van der Waals surface area contributed by atoms with E-state index in [-0.39, 0.29) is 18.8 Å². The van der Waals surface area contributed by atoms with E-state index >= 15 is 0 Å². The van der Waals surface area contributed by atoms with Gasteiger partial charge in [0.1, 0.15) is 5.69 Å². The molecule has 3 aromatic carbocycles. The summed E-state index contributed by atoms with van der Waals surface area (Å²) in [5.74, 6) is 0.797. The second-order valence-electron chi connectivity index (χ2n) is 9.44. The smallest absolute Gasteiger partial charge is 0.294 e. The highest BCUT2D eigenvalue weighted by Gasteiger charge is 2.30. The number of hydrogen-bond donors (Lipinski definition) is 1. The summed E-state index contributed by atoms with van der Waals surface area (Å²) in [5.41, 5.74) is 3.84. The third kappa shape index (κ3) is 4.99. The van der Waals surface area contributed by atoms with Crippen molar-refractivity contribution in [3.63, 3.8) is 0 Å². The van der Waals surface area contributed by atoms with Crippen molar-refractivity contribution < 1.29 is 33.3 Å². The lowest BCUT2D eigenvalue weighted by atomic mass is 9.93. The first-order valence-electron chi connectivity index (χ1n) is 13.3. The first kappa shape index (κ1) is 28.5. The minimum Gasteiger partial charge on any atom is -0.493 e. The van der Waals surface area contributed by atoms with Gasteiger partial charge in [0.2, 0.25) is 0 Å². The van der Waals surface area contributed by atoms with E-state index in [1.54, 1.807) is 39.0 Å². The van der Waals surface area contributed by atoms with E-state index in [0.29, 0.717) is 34.1 Å². The Hall–Kier alpha value is -5.02. The van der Waals surface area contributed by atoms with Crippen LogP contribution in [0.1, 0.15) is 10.5 Å². The van der Waals surface area contributed by atoms with Crippen molar-refractivity contribution in [1.82, 2.24) is 9.72 Å². The topological polar surface area (TPSA) is 96.7 Å². The third-order valence-electron chi connectivity index (χ3n) is 7.17. The number of carbonyl (C=O) groups excluding carboxylic acids is 2. The molecule has 0 unspecified atom stereocenters. The number of amides is 1. The lowest BCUT2D eigenvalue weighted by Crippen LogP contribution is -2.34. The van der Waals surface area contributed by atoms with Crippen molar-refractivity contribution in [2.75, 3.05) is 48.7 Å². The fourth-order valence-corrected chi connectivity index (χ4v) is 5.23. The van der Waals surface area contributed by atoms with Gasteiger partial charge in [-0.1, -0.05) is 36.4 Å². The summed E-state index contributed by atoms with van der Waals surface area (Å²) >= 11 is 0. The molecule has 0 spiro atoms. The van der Waals surface area contributed by atoms with Crippen molar-refractivity contribution in [2.24, 2.45) is 0 Å². The van der Waals surface area contributed by atoms with Crippen LogP contribution in [0.2, 0.25) is 0 Å². The van der Waals surface area contributed by atoms with Crippen LogP contribution in [0.4, 0.5) is 0 Å². The summed E-state index contributed by atoms with van der Waals surface area (Å²) in [6.07, 6.45) is 1.80. The number of Topliss-reactive ketones (excluding diaryl/α,β-unsaturated/α-hetero) is 1. The number of rotatable bonds is 11. The van der Waals surface area contributed by atoms with Crippen LogP contribution < -0.4 is 24.3 Å². The number of aromatic nitrogens is 1. The number of ether oxygens (including phenoxy) is 5. The van der Waals surface area contributed by atoms with Crippen molar-refractivity contribution >= 4 is 28.0 Å². The molecule has 0 fully saturated rings. The Kier molecular flexibility index (Phi) is 8.31. The summed E-state index contributed by atoms with van der Waals surface area (Å²) in [6.45, 7) is 0.482. The van der Waals surface area contributed by atoms with Gasteiger partial charge in [0.15, 0.2) is 23.0 Å². The van der Waals surface area contributed by atoms with E-state index in [9.17, 15) is 9.59 Å². The van der Waals surface area contributed by atoms with Crippen LogP contribution in [-0.2, 0) is 9.53 Å². The van der Waals surface area contributed by atoms with Crippen LogP contribution in [0.3, 0.4) is 0 Å². The molecule has 2 heterocycles. The first-order chi connectivity index (χ1) is 20.5. The highest BCUT2D eigenvalue weighted by molar-refractivity contribution is 6.44. The molecule has 5 aromatic rings. The van der Waals surface area contributed by atoms with E-state index in [1.165, 1.54) is 7.11 Å². The fraction of sp³-hybridized carbons (Fsp3) is 0.212. The maximum atomic E-state index is 14.0. The second-order valence-corrected chi connectivity index (χ2v) is 9.44. The summed E-state index contributed by atoms with van der Waals surface area (Å²) in [6, 6.07) is 20.8. The Morgan fingerprint density at radius 1 is 0.714 bits per heavy atom. The molecule has 5 rings (SSSR count). The molecule has 1 N–H and O–H groups in total. The Balaban J connectivity index is 1.94. The molecule has 42 heavy (non-hydrogen) atoms. The summed E-state index contributed by atoms with van der Waals surface area (Å²) in [5, 5.41) is 4.34. The van der Waals surface area contributed by atoms with Crippen molar-refractivity contribution in [2.45, 2.75) is 0 Å². The molecule has 0 atom stereocenters. The highest BCUT2D eigenvalue weighted by atomic mass is 16.5. The van der Waals surface area contributed by atoms with Crippen molar-refractivity contribution in [1.29, 1.82) is 0 Å². The first-order valence-corrected chi connectivity index (χ1v) is 13.3. The average molecular weight is 569 g/mol. The van der Waals surface area contributed by atoms with Crippen LogP contribution in [0.25, 0.3) is 38.5 Å². The minimum atomic E-state index is -0.727. The molecule has 1 amide bonds. The maximum absolute atomic E-state index is 14.0.